The first-order chi connectivity index (χ1) is 12.1. The zero-order valence-electron chi connectivity index (χ0n) is 14.3. The van der Waals surface area contributed by atoms with Gasteiger partial charge in [-0.1, -0.05) is 36.6 Å². The van der Waals surface area contributed by atoms with Gasteiger partial charge in [0.15, 0.2) is 0 Å². The number of carbonyl (C=O) groups is 2. The highest BCUT2D eigenvalue weighted by Crippen LogP contribution is 2.44. The number of benzene rings is 1. The monoisotopic (exact) mass is 361 g/mol. The van der Waals surface area contributed by atoms with Crippen molar-refractivity contribution in [3.8, 4) is 0 Å². The fourth-order valence-corrected chi connectivity index (χ4v) is 4.95. The molecular formula is C19H24ClN3O2. The van der Waals surface area contributed by atoms with Gasteiger partial charge in [-0.15, -0.1) is 0 Å². The van der Waals surface area contributed by atoms with Gasteiger partial charge in [-0.25, -0.2) is 0 Å². The minimum atomic E-state index is -0.443. The lowest BCUT2D eigenvalue weighted by Gasteiger charge is -2.37. The van der Waals surface area contributed by atoms with Gasteiger partial charge in [0.05, 0.1) is 16.1 Å². The molecule has 25 heavy (non-hydrogen) atoms. The molecule has 3 fully saturated rings. The molecule has 6 heteroatoms. The maximum atomic E-state index is 13.1. The standard InChI is InChI=1S/C19H24ClN3O2/c20-14-6-1-2-7-16(14)23-10-8-15(17(23)24)22-18(25)19-9-4-3-5-13(19)11-21-12-19/h1-2,6-7,13,15,21H,3-5,8-12H2,(H,22,25)/t13-,15?,19+/m0/s1. The molecule has 4 rings (SSSR count). The molecule has 0 bridgehead atoms. The van der Waals surface area contributed by atoms with Gasteiger partial charge in [0.1, 0.15) is 6.04 Å². The van der Waals surface area contributed by atoms with Crippen molar-refractivity contribution >= 4 is 29.1 Å². The number of para-hydroxylation sites is 1. The summed E-state index contributed by atoms with van der Waals surface area (Å²) in [6, 6.07) is 6.91. The van der Waals surface area contributed by atoms with E-state index in [1.807, 2.05) is 18.2 Å². The van der Waals surface area contributed by atoms with Crippen molar-refractivity contribution in [1.82, 2.24) is 10.6 Å². The lowest BCUT2D eigenvalue weighted by atomic mass is 9.67. The predicted molar refractivity (Wildman–Crippen MR) is 97.6 cm³/mol. The number of carbonyl (C=O) groups excluding carboxylic acids is 2. The molecule has 2 saturated heterocycles. The van der Waals surface area contributed by atoms with Crippen LogP contribution < -0.4 is 15.5 Å². The number of halogens is 1. The lowest BCUT2D eigenvalue weighted by molar-refractivity contribution is -0.136. The Hall–Kier alpha value is -1.59. The van der Waals surface area contributed by atoms with E-state index in [9.17, 15) is 9.59 Å². The van der Waals surface area contributed by atoms with Crippen LogP contribution >= 0.6 is 11.6 Å². The normalized spacial score (nSPS) is 31.9. The average molecular weight is 362 g/mol. The van der Waals surface area contributed by atoms with Gasteiger partial charge in [-0.3, -0.25) is 9.59 Å². The Labute approximate surface area is 153 Å². The van der Waals surface area contributed by atoms with E-state index in [1.165, 1.54) is 6.42 Å². The van der Waals surface area contributed by atoms with Gasteiger partial charge >= 0.3 is 0 Å². The molecule has 0 spiro atoms. The predicted octanol–water partition coefficient (Wildman–Crippen LogP) is 2.34. The van der Waals surface area contributed by atoms with Crippen molar-refractivity contribution in [1.29, 1.82) is 0 Å². The molecule has 1 unspecified atom stereocenters. The first-order valence-corrected chi connectivity index (χ1v) is 9.57. The number of rotatable bonds is 3. The van der Waals surface area contributed by atoms with Gasteiger partial charge in [-0.2, -0.15) is 0 Å². The summed E-state index contributed by atoms with van der Waals surface area (Å²) in [6.45, 7) is 2.23. The van der Waals surface area contributed by atoms with Gasteiger partial charge < -0.3 is 15.5 Å². The number of hydrogen-bond acceptors (Lipinski definition) is 3. The summed E-state index contributed by atoms with van der Waals surface area (Å²) in [6.07, 6.45) is 4.94. The fourth-order valence-electron chi connectivity index (χ4n) is 4.72. The molecule has 2 N–H and O–H groups in total. The van der Waals surface area contributed by atoms with E-state index in [-0.39, 0.29) is 17.2 Å². The van der Waals surface area contributed by atoms with Gasteiger partial charge in [-0.05, 0) is 43.9 Å². The second-order valence-electron chi connectivity index (χ2n) is 7.49. The SMILES string of the molecule is O=C1C(NC(=O)[C@@]23CCCC[C@H]2CNC3)CCN1c1ccccc1Cl. The van der Waals surface area contributed by atoms with E-state index in [0.29, 0.717) is 23.9 Å². The van der Waals surface area contributed by atoms with Crippen LogP contribution in [0.5, 0.6) is 0 Å². The number of nitrogens with one attached hydrogen (secondary N) is 2. The topological polar surface area (TPSA) is 61.4 Å². The Kier molecular flexibility index (Phi) is 4.46. The van der Waals surface area contributed by atoms with Crippen LogP contribution in [0, 0.1) is 11.3 Å². The van der Waals surface area contributed by atoms with Crippen LogP contribution in [0.15, 0.2) is 24.3 Å². The van der Waals surface area contributed by atoms with Crippen LogP contribution in [-0.2, 0) is 9.59 Å². The molecule has 1 saturated carbocycles. The van der Waals surface area contributed by atoms with E-state index < -0.39 is 6.04 Å². The van der Waals surface area contributed by atoms with Gasteiger partial charge in [0, 0.05) is 13.1 Å². The first kappa shape index (κ1) is 16.9. The molecule has 0 aromatic heterocycles. The first-order valence-electron chi connectivity index (χ1n) is 9.19. The number of anilines is 1. The number of hydrogen-bond donors (Lipinski definition) is 2. The molecule has 2 aliphatic heterocycles. The van der Waals surface area contributed by atoms with Crippen molar-refractivity contribution in [3.05, 3.63) is 29.3 Å². The van der Waals surface area contributed by atoms with Gasteiger partial charge in [0.25, 0.3) is 0 Å². The third kappa shape index (κ3) is 2.83. The number of amides is 2. The van der Waals surface area contributed by atoms with Crippen LogP contribution in [0.3, 0.4) is 0 Å². The Bertz CT molecular complexity index is 695. The Balaban J connectivity index is 1.48. The largest absolute Gasteiger partial charge is 0.344 e. The van der Waals surface area contributed by atoms with E-state index >= 15 is 0 Å². The second-order valence-corrected chi connectivity index (χ2v) is 7.89. The minimum Gasteiger partial charge on any atom is -0.344 e. The fraction of sp³-hybridized carbons (Fsp3) is 0.579. The molecule has 2 heterocycles. The third-order valence-electron chi connectivity index (χ3n) is 6.14. The van der Waals surface area contributed by atoms with E-state index in [2.05, 4.69) is 10.6 Å². The summed E-state index contributed by atoms with van der Waals surface area (Å²) in [5.74, 6) is 0.398. The summed E-state index contributed by atoms with van der Waals surface area (Å²) < 4.78 is 0. The summed E-state index contributed by atoms with van der Waals surface area (Å²) in [5.41, 5.74) is 0.401. The summed E-state index contributed by atoms with van der Waals surface area (Å²) >= 11 is 6.23. The zero-order valence-corrected chi connectivity index (χ0v) is 15.0. The molecular weight excluding hydrogens is 338 g/mol. The van der Waals surface area contributed by atoms with Crippen molar-refractivity contribution in [2.24, 2.45) is 11.3 Å². The minimum absolute atomic E-state index is 0.0570. The number of fused-ring (bicyclic) bond motifs is 1. The maximum Gasteiger partial charge on any atom is 0.249 e. The summed E-state index contributed by atoms with van der Waals surface area (Å²) in [7, 11) is 0. The molecule has 2 amide bonds. The Morgan fingerprint density at radius 2 is 2.12 bits per heavy atom. The quantitative estimate of drug-likeness (QED) is 0.868. The van der Waals surface area contributed by atoms with Crippen molar-refractivity contribution in [2.75, 3.05) is 24.5 Å². The second kappa shape index (κ2) is 6.61. The van der Waals surface area contributed by atoms with Crippen molar-refractivity contribution in [3.63, 3.8) is 0 Å². The highest BCUT2D eigenvalue weighted by molar-refractivity contribution is 6.34. The molecule has 1 aromatic rings. The van der Waals surface area contributed by atoms with Crippen LogP contribution in [0.25, 0.3) is 0 Å². The smallest absolute Gasteiger partial charge is 0.249 e. The molecule has 0 radical (unpaired) electrons. The van der Waals surface area contributed by atoms with Crippen LogP contribution in [0.4, 0.5) is 5.69 Å². The highest BCUT2D eigenvalue weighted by Gasteiger charge is 2.51. The van der Waals surface area contributed by atoms with Crippen LogP contribution in [0.1, 0.15) is 32.1 Å². The summed E-state index contributed by atoms with van der Waals surface area (Å²) in [4.78, 5) is 27.6. The number of nitrogens with zero attached hydrogens (tertiary/aromatic N) is 1. The van der Waals surface area contributed by atoms with Crippen molar-refractivity contribution < 1.29 is 9.59 Å². The van der Waals surface area contributed by atoms with Crippen LogP contribution in [-0.4, -0.2) is 37.5 Å². The van der Waals surface area contributed by atoms with Gasteiger partial charge in [0.2, 0.25) is 11.8 Å². The molecule has 5 nitrogen and oxygen atoms in total. The maximum absolute atomic E-state index is 13.1. The molecule has 1 aromatic carbocycles. The molecule has 1 aliphatic carbocycles. The third-order valence-corrected chi connectivity index (χ3v) is 6.46. The Morgan fingerprint density at radius 3 is 2.96 bits per heavy atom. The van der Waals surface area contributed by atoms with Crippen molar-refractivity contribution in [2.45, 2.75) is 38.1 Å². The summed E-state index contributed by atoms with van der Waals surface area (Å²) in [5, 5.41) is 7.02. The van der Waals surface area contributed by atoms with Crippen LogP contribution in [0.2, 0.25) is 5.02 Å². The van der Waals surface area contributed by atoms with E-state index in [0.717, 1.165) is 38.0 Å². The molecule has 134 valence electrons. The molecule has 3 aliphatic rings. The average Bonchev–Trinajstić information content (AvgIpc) is 3.21. The highest BCUT2D eigenvalue weighted by atomic mass is 35.5. The van der Waals surface area contributed by atoms with E-state index in [1.54, 1.807) is 11.0 Å². The zero-order chi connectivity index (χ0) is 17.4. The Morgan fingerprint density at radius 1 is 1.28 bits per heavy atom. The van der Waals surface area contributed by atoms with E-state index in [4.69, 9.17) is 11.6 Å². The lowest BCUT2D eigenvalue weighted by Crippen LogP contribution is -2.52. The molecule has 3 atom stereocenters.